The van der Waals surface area contributed by atoms with Crippen molar-refractivity contribution in [3.63, 3.8) is 0 Å². The van der Waals surface area contributed by atoms with Crippen LogP contribution >= 0.6 is 0 Å². The maximum Gasteiger partial charge on any atom is 0.304 e. The van der Waals surface area contributed by atoms with Crippen molar-refractivity contribution in [1.29, 1.82) is 0 Å². The zero-order valence-corrected chi connectivity index (χ0v) is 17.6. The molecule has 0 saturated carbocycles. The Kier molecular flexibility index (Phi) is 5.21. The van der Waals surface area contributed by atoms with Crippen molar-refractivity contribution in [2.24, 2.45) is 0 Å². The van der Waals surface area contributed by atoms with Gasteiger partial charge in [0.15, 0.2) is 0 Å². The van der Waals surface area contributed by atoms with Crippen LogP contribution in [0.3, 0.4) is 0 Å². The van der Waals surface area contributed by atoms with E-state index in [9.17, 15) is 9.18 Å². The average molecular weight is 434 g/mol. The van der Waals surface area contributed by atoms with E-state index in [0.29, 0.717) is 42.3 Å². The van der Waals surface area contributed by atoms with Crippen LogP contribution in [-0.4, -0.2) is 17.7 Å². The highest BCUT2D eigenvalue weighted by atomic mass is 19.1. The third kappa shape index (κ3) is 3.77. The van der Waals surface area contributed by atoms with Crippen molar-refractivity contribution < 1.29 is 28.5 Å². The summed E-state index contributed by atoms with van der Waals surface area (Å²) in [5.74, 6) is 1.27. The molecule has 1 aliphatic carbocycles. The van der Waals surface area contributed by atoms with Crippen LogP contribution in [0.25, 0.3) is 0 Å². The van der Waals surface area contributed by atoms with Crippen molar-refractivity contribution in [2.75, 3.05) is 6.61 Å². The first-order chi connectivity index (χ1) is 15.5. The average Bonchev–Trinajstić information content (AvgIpc) is 3.36. The van der Waals surface area contributed by atoms with Crippen LogP contribution in [0.4, 0.5) is 4.39 Å². The zero-order chi connectivity index (χ0) is 22.2. The van der Waals surface area contributed by atoms with Crippen LogP contribution < -0.4 is 14.2 Å². The largest absolute Gasteiger partial charge is 0.492 e. The highest BCUT2D eigenvalue weighted by Crippen LogP contribution is 2.44. The van der Waals surface area contributed by atoms with E-state index in [0.717, 1.165) is 22.4 Å². The predicted octanol–water partition coefficient (Wildman–Crippen LogP) is 5.94. The number of halogens is 1. The van der Waals surface area contributed by atoms with Crippen molar-refractivity contribution in [1.82, 2.24) is 0 Å². The lowest BCUT2D eigenvalue weighted by Crippen LogP contribution is -2.07. The van der Waals surface area contributed by atoms with Crippen molar-refractivity contribution in [3.8, 4) is 23.0 Å². The van der Waals surface area contributed by atoms with Gasteiger partial charge in [0, 0.05) is 28.7 Å². The number of hydrogen-bond donors (Lipinski definition) is 1. The molecule has 5 nitrogen and oxygen atoms in total. The summed E-state index contributed by atoms with van der Waals surface area (Å²) in [6.45, 7) is 2.31. The topological polar surface area (TPSA) is 65.0 Å². The van der Waals surface area contributed by atoms with Gasteiger partial charge < -0.3 is 19.3 Å². The van der Waals surface area contributed by atoms with E-state index in [4.69, 9.17) is 19.3 Å². The summed E-state index contributed by atoms with van der Waals surface area (Å²) >= 11 is 0. The van der Waals surface area contributed by atoms with E-state index in [1.807, 2.05) is 37.3 Å². The predicted molar refractivity (Wildman–Crippen MR) is 116 cm³/mol. The number of carboxylic acids is 1. The number of hydrogen-bond acceptors (Lipinski definition) is 4. The maximum absolute atomic E-state index is 14.8. The van der Waals surface area contributed by atoms with E-state index < -0.39 is 12.1 Å². The minimum Gasteiger partial charge on any atom is -0.492 e. The molecular formula is C26H23FO5. The van der Waals surface area contributed by atoms with E-state index in [-0.39, 0.29) is 18.2 Å². The molecule has 2 aliphatic rings. The molecule has 0 bridgehead atoms. The lowest BCUT2D eigenvalue weighted by atomic mass is 9.98. The monoisotopic (exact) mass is 434 g/mol. The third-order valence-electron chi connectivity index (χ3n) is 6.12. The summed E-state index contributed by atoms with van der Waals surface area (Å²) in [5, 5.41) is 9.07. The van der Waals surface area contributed by atoms with Gasteiger partial charge in [0.2, 0.25) is 0 Å². The molecule has 5 rings (SSSR count). The minimum atomic E-state index is -0.853. The van der Waals surface area contributed by atoms with E-state index in [1.54, 1.807) is 18.2 Å². The number of rotatable bonds is 6. The minimum absolute atomic E-state index is 0.0259. The van der Waals surface area contributed by atoms with Gasteiger partial charge in [-0.15, -0.1) is 0 Å². The van der Waals surface area contributed by atoms with Crippen LogP contribution in [0.5, 0.6) is 23.0 Å². The van der Waals surface area contributed by atoms with Crippen molar-refractivity contribution in [3.05, 3.63) is 82.7 Å². The molecule has 1 aliphatic heterocycles. The molecule has 1 N–H and O–H groups in total. The van der Waals surface area contributed by atoms with Gasteiger partial charge in [0.05, 0.1) is 13.0 Å². The molecular weight excluding hydrogens is 411 g/mol. The lowest BCUT2D eigenvalue weighted by Gasteiger charge is -2.17. The molecule has 3 aromatic carbocycles. The summed E-state index contributed by atoms with van der Waals surface area (Å²) in [6.07, 6.45) is 0.888. The Morgan fingerprint density at radius 3 is 2.81 bits per heavy atom. The van der Waals surface area contributed by atoms with E-state index in [1.165, 1.54) is 6.07 Å². The van der Waals surface area contributed by atoms with Crippen molar-refractivity contribution in [2.45, 2.75) is 38.2 Å². The van der Waals surface area contributed by atoms with Gasteiger partial charge in [-0.3, -0.25) is 4.79 Å². The van der Waals surface area contributed by atoms with Gasteiger partial charge in [-0.25, -0.2) is 4.39 Å². The van der Waals surface area contributed by atoms with Gasteiger partial charge in [-0.1, -0.05) is 24.3 Å². The van der Waals surface area contributed by atoms with Gasteiger partial charge >= 0.3 is 5.97 Å². The Hall–Kier alpha value is -3.54. The Balaban J connectivity index is 1.38. The Morgan fingerprint density at radius 2 is 2.00 bits per heavy atom. The second-order valence-electron chi connectivity index (χ2n) is 8.26. The fourth-order valence-electron chi connectivity index (χ4n) is 4.52. The standard InChI is InChI=1S/C26H23FO5/c1-15-4-2-3-5-21(15)32-22-11-9-20(27)26-19(22)8-10-23(26)31-17-6-7-18-16(12-25(28)29)14-30-24(18)13-17/h2-7,9,11,13,16,23H,8,10,12,14H2,1H3,(H,28,29)/t16?,23-/m1/s1. The summed E-state index contributed by atoms with van der Waals surface area (Å²) < 4.78 is 32.8. The Labute approximate surface area is 185 Å². The fraction of sp³-hybridized carbons (Fsp3) is 0.269. The first-order valence-corrected chi connectivity index (χ1v) is 10.7. The zero-order valence-electron chi connectivity index (χ0n) is 17.6. The Morgan fingerprint density at radius 1 is 1.16 bits per heavy atom. The lowest BCUT2D eigenvalue weighted by molar-refractivity contribution is -0.137. The van der Waals surface area contributed by atoms with Gasteiger partial charge in [-0.05, 0) is 49.6 Å². The molecule has 0 saturated heterocycles. The second-order valence-corrected chi connectivity index (χ2v) is 8.26. The number of aryl methyl sites for hydroxylation is 1. The summed E-state index contributed by atoms with van der Waals surface area (Å²) in [6, 6.07) is 16.2. The number of fused-ring (bicyclic) bond motifs is 2. The highest BCUT2D eigenvalue weighted by Gasteiger charge is 2.32. The van der Waals surface area contributed by atoms with Crippen molar-refractivity contribution >= 4 is 5.97 Å². The molecule has 0 aromatic heterocycles. The number of ether oxygens (including phenoxy) is 3. The molecule has 2 atom stereocenters. The third-order valence-corrected chi connectivity index (χ3v) is 6.12. The molecule has 0 spiro atoms. The van der Waals surface area contributed by atoms with Crippen LogP contribution in [-0.2, 0) is 11.2 Å². The van der Waals surface area contributed by atoms with E-state index in [2.05, 4.69) is 0 Å². The molecule has 164 valence electrons. The molecule has 6 heteroatoms. The summed E-state index contributed by atoms with van der Waals surface area (Å²) in [4.78, 5) is 11.0. The van der Waals surface area contributed by atoms with Gasteiger partial charge in [-0.2, -0.15) is 0 Å². The molecule has 0 amide bonds. The molecule has 32 heavy (non-hydrogen) atoms. The second kappa shape index (κ2) is 8.19. The normalized spacial score (nSPS) is 18.6. The number of benzene rings is 3. The fourth-order valence-corrected chi connectivity index (χ4v) is 4.52. The SMILES string of the molecule is Cc1ccccc1Oc1ccc(F)c2c1CC[C@H]2Oc1ccc2c(c1)OCC2CC(=O)O. The number of para-hydroxylation sites is 1. The molecule has 1 unspecified atom stereocenters. The smallest absolute Gasteiger partial charge is 0.304 e. The Bertz CT molecular complexity index is 1190. The molecule has 1 heterocycles. The summed E-state index contributed by atoms with van der Waals surface area (Å²) in [7, 11) is 0. The number of carboxylic acid groups (broad SMARTS) is 1. The van der Waals surface area contributed by atoms with Gasteiger partial charge in [0.25, 0.3) is 0 Å². The van der Waals surface area contributed by atoms with Crippen LogP contribution in [0.2, 0.25) is 0 Å². The highest BCUT2D eigenvalue weighted by molar-refractivity contribution is 5.68. The molecule has 3 aromatic rings. The first-order valence-electron chi connectivity index (χ1n) is 10.7. The van der Waals surface area contributed by atoms with Crippen LogP contribution in [0, 0.1) is 12.7 Å². The van der Waals surface area contributed by atoms with Crippen LogP contribution in [0.1, 0.15) is 47.1 Å². The van der Waals surface area contributed by atoms with E-state index >= 15 is 0 Å². The van der Waals surface area contributed by atoms with Crippen LogP contribution in [0.15, 0.2) is 54.6 Å². The number of aliphatic carboxylic acids is 1. The summed E-state index contributed by atoms with van der Waals surface area (Å²) in [5.41, 5.74) is 3.24. The molecule has 0 fully saturated rings. The maximum atomic E-state index is 14.8. The number of carbonyl (C=O) groups is 1. The van der Waals surface area contributed by atoms with Gasteiger partial charge in [0.1, 0.15) is 34.9 Å². The first kappa shape index (κ1) is 20.4. The quantitative estimate of drug-likeness (QED) is 0.520. The molecule has 0 radical (unpaired) electrons.